The fraction of sp³-hybridized carbons (Fsp3) is 0. The number of rotatable bonds is 1. The molecule has 0 N–H and O–H groups in total. The zero-order valence-electron chi connectivity index (χ0n) is 8.22. The van der Waals surface area contributed by atoms with Gasteiger partial charge in [-0.05, 0) is 17.2 Å². The van der Waals surface area contributed by atoms with Crippen LogP contribution in [0.25, 0.3) is 11.1 Å². The van der Waals surface area contributed by atoms with Gasteiger partial charge in [-0.3, -0.25) is 4.98 Å². The van der Waals surface area contributed by atoms with Crippen molar-refractivity contribution in [1.29, 1.82) is 0 Å². The Morgan fingerprint density at radius 2 is 1.44 bits per heavy atom. The molecule has 5 heteroatoms. The van der Waals surface area contributed by atoms with Crippen molar-refractivity contribution < 1.29 is 3.84 Å². The summed E-state index contributed by atoms with van der Waals surface area (Å²) in [4.78, 5) is 4.06. The van der Waals surface area contributed by atoms with Gasteiger partial charge < -0.3 is 0 Å². The second-order valence-electron chi connectivity index (χ2n) is 2.67. The average Bonchev–Trinajstić information content (AvgIpc) is 2.32. The minimum atomic E-state index is 0. The normalized spacial score (nSPS) is 8.38. The maximum absolute atomic E-state index is 4.26. The first-order valence-electron chi connectivity index (χ1n) is 4.23. The van der Waals surface area contributed by atoms with Gasteiger partial charge in [0.1, 0.15) is 0 Å². The van der Waals surface area contributed by atoms with Crippen LogP contribution in [0, 0.1) is 0 Å². The smallest absolute Gasteiger partial charge is 0.0832 e. The molecule has 2 nitrogen and oxygen atoms in total. The second kappa shape index (κ2) is 9.64. The van der Waals surface area contributed by atoms with Crippen LogP contribution in [0.4, 0.5) is 0 Å². The number of hydrogen-bond donors (Lipinski definition) is 0. The van der Waals surface area contributed by atoms with Crippen molar-refractivity contribution in [2.24, 2.45) is 0 Å². The average molecular weight is 321 g/mol. The third-order valence-electron chi connectivity index (χ3n) is 1.77. The molecule has 0 aliphatic rings. The Kier molecular flexibility index (Phi) is 9.30. The van der Waals surface area contributed by atoms with E-state index in [1.165, 1.54) is 5.56 Å². The number of benzene rings is 1. The maximum Gasteiger partial charge on any atom is 0.0832 e. The van der Waals surface area contributed by atoms with Crippen LogP contribution in [-0.2, 0) is 3.84 Å². The number of halogens is 2. The molecule has 16 heavy (non-hydrogen) atoms. The van der Waals surface area contributed by atoms with Gasteiger partial charge in [0.25, 0.3) is 0 Å². The predicted octanol–water partition coefficient (Wildman–Crippen LogP) is 3.68. The SMILES string of the molecule is ClOCl.[Se].c1ccc(-c2cccnc2)cc1. The van der Waals surface area contributed by atoms with Crippen molar-refractivity contribution in [2.45, 2.75) is 0 Å². The quantitative estimate of drug-likeness (QED) is 0.748. The Hall–Kier alpha value is -0.571. The first-order valence-corrected chi connectivity index (χ1v) is 4.85. The van der Waals surface area contributed by atoms with Crippen molar-refractivity contribution >= 4 is 40.8 Å². The summed E-state index contributed by atoms with van der Waals surface area (Å²) in [7, 11) is 0. The van der Waals surface area contributed by atoms with Gasteiger partial charge >= 0.3 is 0 Å². The second-order valence-corrected chi connectivity index (χ2v) is 3.13. The van der Waals surface area contributed by atoms with Crippen molar-refractivity contribution in [3.8, 4) is 11.1 Å². The van der Waals surface area contributed by atoms with Gasteiger partial charge in [0.2, 0.25) is 0 Å². The van der Waals surface area contributed by atoms with Gasteiger partial charge in [-0.25, -0.2) is 0 Å². The summed E-state index contributed by atoms with van der Waals surface area (Å²) in [5.74, 6) is 0. The molecule has 0 spiro atoms. The molecule has 2 rings (SSSR count). The third kappa shape index (κ3) is 5.50. The third-order valence-corrected chi connectivity index (χ3v) is 1.77. The van der Waals surface area contributed by atoms with Crippen LogP contribution < -0.4 is 0 Å². The van der Waals surface area contributed by atoms with Crippen molar-refractivity contribution in [1.82, 2.24) is 4.98 Å². The monoisotopic (exact) mass is 321 g/mol. The van der Waals surface area contributed by atoms with Gasteiger partial charge in [-0.15, -0.1) is 0 Å². The first kappa shape index (κ1) is 15.4. The van der Waals surface area contributed by atoms with Gasteiger partial charge in [0.05, 0.1) is 23.7 Å². The Balaban J connectivity index is 0.000000511. The summed E-state index contributed by atoms with van der Waals surface area (Å²) in [6.45, 7) is 0. The minimum Gasteiger partial charge on any atom is -0.264 e. The molecule has 0 aliphatic heterocycles. The maximum atomic E-state index is 4.26. The Bertz CT molecular complexity index is 335. The molecule has 0 saturated carbocycles. The molecule has 0 fully saturated rings. The Morgan fingerprint density at radius 1 is 0.875 bits per heavy atom. The van der Waals surface area contributed by atoms with E-state index in [-0.39, 0.29) is 17.1 Å². The first-order chi connectivity index (χ1) is 7.38. The zero-order valence-corrected chi connectivity index (χ0v) is 11.4. The molecule has 0 bridgehead atoms. The number of nitrogens with zero attached hydrogens (tertiary/aromatic N) is 1. The van der Waals surface area contributed by atoms with Crippen molar-refractivity contribution in [2.75, 3.05) is 0 Å². The molecule has 0 unspecified atom stereocenters. The van der Waals surface area contributed by atoms with Crippen LogP contribution in [-0.4, -0.2) is 22.1 Å². The topological polar surface area (TPSA) is 22.1 Å². The van der Waals surface area contributed by atoms with E-state index in [9.17, 15) is 0 Å². The molecule has 1 heterocycles. The molecule has 0 saturated heterocycles. The van der Waals surface area contributed by atoms with E-state index in [0.717, 1.165) is 5.56 Å². The summed E-state index contributed by atoms with van der Waals surface area (Å²) in [6, 6.07) is 14.2. The predicted molar refractivity (Wildman–Crippen MR) is 68.2 cm³/mol. The molecule has 2 aromatic rings. The molecule has 0 atom stereocenters. The summed E-state index contributed by atoms with van der Waals surface area (Å²) in [6.07, 6.45) is 3.65. The summed E-state index contributed by atoms with van der Waals surface area (Å²) < 4.78 is 3.19. The summed E-state index contributed by atoms with van der Waals surface area (Å²) in [5, 5.41) is 0. The van der Waals surface area contributed by atoms with Crippen LogP contribution in [0.15, 0.2) is 54.9 Å². The van der Waals surface area contributed by atoms with E-state index in [0.29, 0.717) is 0 Å². The van der Waals surface area contributed by atoms with E-state index in [4.69, 9.17) is 0 Å². The van der Waals surface area contributed by atoms with Gasteiger partial charge in [-0.2, -0.15) is 3.84 Å². The van der Waals surface area contributed by atoms with Crippen LogP contribution in [0.2, 0.25) is 0 Å². The van der Waals surface area contributed by atoms with Crippen molar-refractivity contribution in [3.63, 3.8) is 0 Å². The van der Waals surface area contributed by atoms with Crippen LogP contribution in [0.5, 0.6) is 0 Å². The minimum absolute atomic E-state index is 0. The molecule has 0 amide bonds. The largest absolute Gasteiger partial charge is 0.264 e. The molecular weight excluding hydrogens is 312 g/mol. The van der Waals surface area contributed by atoms with Crippen molar-refractivity contribution in [3.05, 3.63) is 54.9 Å². The van der Waals surface area contributed by atoms with Gasteiger partial charge in [0, 0.05) is 29.5 Å². The van der Waals surface area contributed by atoms with E-state index >= 15 is 0 Å². The molecule has 2 radical (unpaired) electrons. The molecule has 0 aliphatic carbocycles. The molecule has 1 aromatic carbocycles. The number of aromatic nitrogens is 1. The zero-order chi connectivity index (χ0) is 10.9. The number of hydrogen-bond acceptors (Lipinski definition) is 2. The van der Waals surface area contributed by atoms with Gasteiger partial charge in [0.15, 0.2) is 0 Å². The molecule has 1 aromatic heterocycles. The van der Waals surface area contributed by atoms with E-state index in [2.05, 4.69) is 50.8 Å². The molecular formula is C11H9Cl2NOSe. The Labute approximate surface area is 115 Å². The van der Waals surface area contributed by atoms with Gasteiger partial charge in [-0.1, -0.05) is 36.4 Å². The van der Waals surface area contributed by atoms with Crippen LogP contribution in [0.1, 0.15) is 0 Å². The fourth-order valence-electron chi connectivity index (χ4n) is 1.16. The van der Waals surface area contributed by atoms with E-state index in [1.807, 2.05) is 30.5 Å². The Morgan fingerprint density at radius 3 is 1.94 bits per heavy atom. The standard InChI is InChI=1S/C11H9N.Cl2O.Se/c1-2-5-10(6-3-1)11-7-4-8-12-9-11;1-3-2;/h1-9H;;. The van der Waals surface area contributed by atoms with Crippen LogP contribution >= 0.6 is 23.7 Å². The van der Waals surface area contributed by atoms with Crippen LogP contribution in [0.3, 0.4) is 0 Å². The van der Waals surface area contributed by atoms with E-state index in [1.54, 1.807) is 6.20 Å². The molecule has 84 valence electrons. The number of pyridine rings is 1. The summed E-state index contributed by atoms with van der Waals surface area (Å²) >= 11 is 8.53. The summed E-state index contributed by atoms with van der Waals surface area (Å²) in [5.41, 5.74) is 2.38. The fourth-order valence-corrected chi connectivity index (χ4v) is 1.16. The van der Waals surface area contributed by atoms with E-state index < -0.39 is 0 Å².